The summed E-state index contributed by atoms with van der Waals surface area (Å²) in [5, 5.41) is 8.08. The lowest BCUT2D eigenvalue weighted by molar-refractivity contribution is 0.0935. The highest BCUT2D eigenvalue weighted by atomic mass is 35.5. The van der Waals surface area contributed by atoms with E-state index in [2.05, 4.69) is 10.4 Å². The number of nitrogens with one attached hydrogen (secondary N) is 1. The maximum absolute atomic E-state index is 12.6. The van der Waals surface area contributed by atoms with Crippen LogP contribution in [0.3, 0.4) is 0 Å². The van der Waals surface area contributed by atoms with Gasteiger partial charge in [0.15, 0.2) is 0 Å². The largest absolute Gasteiger partial charge is 0.349 e. The van der Waals surface area contributed by atoms with Crippen molar-refractivity contribution < 1.29 is 4.79 Å². The number of aromatic nitrogens is 3. The van der Waals surface area contributed by atoms with Crippen LogP contribution >= 0.6 is 11.6 Å². The molecule has 0 radical (unpaired) electrons. The summed E-state index contributed by atoms with van der Waals surface area (Å²) in [6, 6.07) is 13.1. The van der Waals surface area contributed by atoms with Crippen molar-refractivity contribution in [2.24, 2.45) is 7.05 Å². The van der Waals surface area contributed by atoms with Crippen molar-refractivity contribution >= 4 is 17.5 Å². The first-order valence-electron chi connectivity index (χ1n) is 7.75. The van der Waals surface area contributed by atoms with E-state index in [0.717, 1.165) is 11.4 Å². The normalized spacial score (nSPS) is 11.0. The molecule has 24 heavy (non-hydrogen) atoms. The van der Waals surface area contributed by atoms with E-state index >= 15 is 0 Å². The molecular formula is C18H19ClN4O. The first-order chi connectivity index (χ1) is 11.5. The molecule has 5 nitrogen and oxygen atoms in total. The molecule has 3 rings (SSSR count). The third kappa shape index (κ3) is 3.08. The average molecular weight is 343 g/mol. The number of para-hydroxylation sites is 1. The van der Waals surface area contributed by atoms with Crippen LogP contribution in [0.15, 0.2) is 48.7 Å². The zero-order chi connectivity index (χ0) is 17.3. The van der Waals surface area contributed by atoms with Gasteiger partial charge in [-0.15, -0.1) is 0 Å². The lowest BCUT2D eigenvalue weighted by atomic mass is 10.2. The second kappa shape index (κ2) is 6.53. The number of amides is 1. The molecule has 3 aromatic rings. The van der Waals surface area contributed by atoms with E-state index in [1.807, 2.05) is 62.0 Å². The summed E-state index contributed by atoms with van der Waals surface area (Å²) in [6.45, 7) is 3.85. The second-order valence-corrected chi connectivity index (χ2v) is 6.32. The molecule has 1 N–H and O–H groups in total. The van der Waals surface area contributed by atoms with Gasteiger partial charge < -0.3 is 9.88 Å². The first kappa shape index (κ1) is 16.3. The van der Waals surface area contributed by atoms with Crippen LogP contribution in [0, 0.1) is 0 Å². The maximum atomic E-state index is 12.6. The number of halogens is 1. The van der Waals surface area contributed by atoms with Crippen molar-refractivity contribution in [3.8, 4) is 17.1 Å². The predicted octanol–water partition coefficient (Wildman–Crippen LogP) is 3.67. The Hall–Kier alpha value is -2.53. The van der Waals surface area contributed by atoms with Crippen LogP contribution in [0.4, 0.5) is 0 Å². The van der Waals surface area contributed by atoms with Gasteiger partial charge in [-0.1, -0.05) is 23.7 Å². The monoisotopic (exact) mass is 342 g/mol. The van der Waals surface area contributed by atoms with Gasteiger partial charge in [-0.3, -0.25) is 4.79 Å². The Morgan fingerprint density at radius 3 is 2.58 bits per heavy atom. The molecule has 0 aliphatic carbocycles. The Morgan fingerprint density at radius 1 is 1.21 bits per heavy atom. The molecule has 0 atom stereocenters. The summed E-state index contributed by atoms with van der Waals surface area (Å²) >= 11 is 6.31. The summed E-state index contributed by atoms with van der Waals surface area (Å²) in [7, 11) is 1.94. The highest BCUT2D eigenvalue weighted by Crippen LogP contribution is 2.25. The first-order valence-corrected chi connectivity index (χ1v) is 8.12. The van der Waals surface area contributed by atoms with E-state index in [1.165, 1.54) is 0 Å². The van der Waals surface area contributed by atoms with Crippen molar-refractivity contribution in [1.29, 1.82) is 0 Å². The molecule has 0 fully saturated rings. The molecule has 0 spiro atoms. The third-order valence-electron chi connectivity index (χ3n) is 3.65. The zero-order valence-electron chi connectivity index (χ0n) is 13.8. The molecular weight excluding hydrogens is 324 g/mol. The van der Waals surface area contributed by atoms with E-state index < -0.39 is 0 Å². The fourth-order valence-corrected chi connectivity index (χ4v) is 2.75. The van der Waals surface area contributed by atoms with Crippen LogP contribution in [-0.2, 0) is 7.05 Å². The molecule has 2 aromatic heterocycles. The minimum atomic E-state index is -0.183. The molecule has 1 amide bonds. The van der Waals surface area contributed by atoms with Gasteiger partial charge in [-0.25, -0.2) is 4.68 Å². The predicted molar refractivity (Wildman–Crippen MR) is 95.6 cm³/mol. The fraction of sp³-hybridized carbons (Fsp3) is 0.222. The van der Waals surface area contributed by atoms with Crippen molar-refractivity contribution in [3.63, 3.8) is 0 Å². The Bertz CT molecular complexity index is 879. The number of benzene rings is 1. The summed E-state index contributed by atoms with van der Waals surface area (Å²) in [4.78, 5) is 12.6. The molecule has 0 unspecified atom stereocenters. The number of carbonyl (C=O) groups is 1. The molecule has 0 bridgehead atoms. The number of aryl methyl sites for hydroxylation is 1. The number of rotatable bonds is 4. The Kier molecular flexibility index (Phi) is 4.44. The van der Waals surface area contributed by atoms with Gasteiger partial charge in [0.05, 0.1) is 16.4 Å². The summed E-state index contributed by atoms with van der Waals surface area (Å²) < 4.78 is 3.56. The fourth-order valence-electron chi connectivity index (χ4n) is 2.54. The minimum absolute atomic E-state index is 0.0329. The van der Waals surface area contributed by atoms with Gasteiger partial charge >= 0.3 is 0 Å². The van der Waals surface area contributed by atoms with Crippen LogP contribution in [-0.4, -0.2) is 26.3 Å². The SMILES string of the molecule is CC(C)NC(=O)c1cc(-c2cccn2C)nn1-c1ccccc1Cl. The second-order valence-electron chi connectivity index (χ2n) is 5.91. The van der Waals surface area contributed by atoms with Gasteiger partial charge in [-0.2, -0.15) is 5.10 Å². The van der Waals surface area contributed by atoms with Gasteiger partial charge in [0, 0.05) is 19.3 Å². The van der Waals surface area contributed by atoms with Crippen molar-refractivity contribution in [3.05, 3.63) is 59.4 Å². The van der Waals surface area contributed by atoms with E-state index in [9.17, 15) is 4.79 Å². The quantitative estimate of drug-likeness (QED) is 0.786. The third-order valence-corrected chi connectivity index (χ3v) is 3.97. The molecule has 0 aliphatic heterocycles. The van der Waals surface area contributed by atoms with E-state index in [4.69, 9.17) is 11.6 Å². The van der Waals surface area contributed by atoms with Gasteiger partial charge in [0.2, 0.25) is 0 Å². The van der Waals surface area contributed by atoms with Gasteiger partial charge in [-0.05, 0) is 44.2 Å². The smallest absolute Gasteiger partial charge is 0.270 e. The van der Waals surface area contributed by atoms with Crippen molar-refractivity contribution in [2.45, 2.75) is 19.9 Å². The average Bonchev–Trinajstić information content (AvgIpc) is 3.13. The van der Waals surface area contributed by atoms with Crippen LogP contribution in [0.25, 0.3) is 17.1 Å². The summed E-state index contributed by atoms with van der Waals surface area (Å²) in [6.07, 6.45) is 1.94. The minimum Gasteiger partial charge on any atom is -0.349 e. The lowest BCUT2D eigenvalue weighted by Gasteiger charge is -2.11. The number of hydrogen-bond acceptors (Lipinski definition) is 2. The summed E-state index contributed by atoms with van der Waals surface area (Å²) in [5.41, 5.74) is 2.78. The molecule has 124 valence electrons. The van der Waals surface area contributed by atoms with Crippen LogP contribution in [0.2, 0.25) is 5.02 Å². The topological polar surface area (TPSA) is 51.9 Å². The Balaban J connectivity index is 2.15. The molecule has 1 aromatic carbocycles. The van der Waals surface area contributed by atoms with E-state index in [-0.39, 0.29) is 11.9 Å². The number of hydrogen-bond donors (Lipinski definition) is 1. The molecule has 6 heteroatoms. The van der Waals surface area contributed by atoms with Crippen LogP contribution in [0.1, 0.15) is 24.3 Å². The number of carbonyl (C=O) groups excluding carboxylic acids is 1. The maximum Gasteiger partial charge on any atom is 0.270 e. The summed E-state index contributed by atoms with van der Waals surface area (Å²) in [5.74, 6) is -0.183. The van der Waals surface area contributed by atoms with Crippen LogP contribution in [0.5, 0.6) is 0 Å². The van der Waals surface area contributed by atoms with E-state index in [1.54, 1.807) is 16.8 Å². The number of nitrogens with zero attached hydrogens (tertiary/aromatic N) is 3. The molecule has 0 saturated heterocycles. The lowest BCUT2D eigenvalue weighted by Crippen LogP contribution is -2.31. The van der Waals surface area contributed by atoms with Crippen LogP contribution < -0.4 is 5.32 Å². The molecule has 2 heterocycles. The highest BCUT2D eigenvalue weighted by molar-refractivity contribution is 6.32. The Labute approximate surface area is 145 Å². The Morgan fingerprint density at radius 2 is 1.96 bits per heavy atom. The van der Waals surface area contributed by atoms with Crippen molar-refractivity contribution in [1.82, 2.24) is 19.7 Å². The standard InChI is InChI=1S/C18H19ClN4O/c1-12(2)20-18(24)17-11-14(16-9-6-10-22(16)3)21-23(17)15-8-5-4-7-13(15)19/h4-12H,1-3H3,(H,20,24). The van der Waals surface area contributed by atoms with E-state index in [0.29, 0.717) is 16.4 Å². The zero-order valence-corrected chi connectivity index (χ0v) is 14.6. The van der Waals surface area contributed by atoms with Gasteiger partial charge in [0.25, 0.3) is 5.91 Å². The highest BCUT2D eigenvalue weighted by Gasteiger charge is 2.20. The van der Waals surface area contributed by atoms with Gasteiger partial charge in [0.1, 0.15) is 11.4 Å². The molecule has 0 aliphatic rings. The van der Waals surface area contributed by atoms with Crippen molar-refractivity contribution in [2.75, 3.05) is 0 Å². The molecule has 0 saturated carbocycles.